The lowest BCUT2D eigenvalue weighted by molar-refractivity contribution is -0.217. The lowest BCUT2D eigenvalue weighted by atomic mass is 9.40. The molecule has 0 bridgehead atoms. The Bertz CT molecular complexity index is 838. The molecule has 0 aromatic heterocycles. The molecule has 28 heavy (non-hydrogen) atoms. The summed E-state index contributed by atoms with van der Waals surface area (Å²) in [5.41, 5.74) is -0.795. The van der Waals surface area contributed by atoms with Gasteiger partial charge in [0.2, 0.25) is 11.6 Å². The average Bonchev–Trinajstić information content (AvgIpc) is 2.63. The fourth-order valence-corrected chi connectivity index (χ4v) is 6.81. The van der Waals surface area contributed by atoms with Crippen LogP contribution in [-0.2, 0) is 28.6 Å². The molecular weight excluding hydrogens is 360 g/mol. The Morgan fingerprint density at radius 2 is 1.82 bits per heavy atom. The smallest absolute Gasteiger partial charge is 0.306 e. The average molecular weight is 388 g/mol. The van der Waals surface area contributed by atoms with Gasteiger partial charge in [-0.1, -0.05) is 20.8 Å². The number of allylic oxidation sites excluding steroid dienone is 4. The summed E-state index contributed by atoms with van der Waals surface area (Å²) in [4.78, 5) is 39.6. The first-order valence-corrected chi connectivity index (χ1v) is 9.91. The van der Waals surface area contributed by atoms with Crippen molar-refractivity contribution < 1.29 is 28.6 Å². The topological polar surface area (TPSA) is 78.9 Å². The molecule has 0 unspecified atom stereocenters. The number of ether oxygens (including phenoxy) is 3. The van der Waals surface area contributed by atoms with Gasteiger partial charge in [-0.2, -0.15) is 0 Å². The van der Waals surface area contributed by atoms with Gasteiger partial charge in [0.05, 0.1) is 20.6 Å². The summed E-state index contributed by atoms with van der Waals surface area (Å²) in [5.74, 6) is -0.854. The van der Waals surface area contributed by atoms with Gasteiger partial charge in [0.15, 0.2) is 11.5 Å². The molecule has 0 aromatic carbocycles. The van der Waals surface area contributed by atoms with Crippen LogP contribution in [0.3, 0.4) is 0 Å². The first kappa shape index (κ1) is 19.2. The van der Waals surface area contributed by atoms with E-state index in [2.05, 4.69) is 0 Å². The normalized spacial score (nSPS) is 45.0. The Balaban J connectivity index is 1.99. The predicted molar refractivity (Wildman–Crippen MR) is 99.8 cm³/mol. The number of methoxy groups -OCH3 is 2. The third kappa shape index (κ3) is 2.06. The molecule has 2 fully saturated rings. The van der Waals surface area contributed by atoms with Gasteiger partial charge in [-0.15, -0.1) is 0 Å². The van der Waals surface area contributed by atoms with E-state index in [0.717, 1.165) is 5.57 Å². The van der Waals surface area contributed by atoms with Crippen LogP contribution in [0.1, 0.15) is 40.5 Å². The fourth-order valence-electron chi connectivity index (χ4n) is 6.81. The zero-order chi connectivity index (χ0) is 20.6. The van der Waals surface area contributed by atoms with E-state index in [1.165, 1.54) is 14.2 Å². The van der Waals surface area contributed by atoms with Crippen molar-refractivity contribution in [1.82, 2.24) is 0 Å². The highest BCUT2D eigenvalue weighted by atomic mass is 16.5. The van der Waals surface area contributed by atoms with Gasteiger partial charge in [-0.3, -0.25) is 14.4 Å². The second-order valence-corrected chi connectivity index (χ2v) is 9.16. The molecule has 1 saturated heterocycles. The van der Waals surface area contributed by atoms with E-state index in [0.29, 0.717) is 12.2 Å². The summed E-state index contributed by atoms with van der Waals surface area (Å²) in [6.07, 6.45) is 2.21. The maximum Gasteiger partial charge on any atom is 0.306 e. The minimum atomic E-state index is -0.936. The van der Waals surface area contributed by atoms with Crippen molar-refractivity contribution in [3.8, 4) is 0 Å². The molecule has 0 spiro atoms. The van der Waals surface area contributed by atoms with Crippen molar-refractivity contribution in [2.75, 3.05) is 14.2 Å². The standard InChI is InChI=1S/C22H28O6/c1-10-7-14(26-5)20(25)22(4)12(10)8-15-21(3)13(9-16(23)28-15)11(2)18(27-6)17(24)19(21)22/h7,10,12-13,15,19H,8-9H2,1-6H3/t10-,12-,13+,15-,19-,21+,22+/m0/s1. The number of esters is 1. The molecule has 4 aliphatic rings. The van der Waals surface area contributed by atoms with Crippen LogP contribution in [0.5, 0.6) is 0 Å². The maximum absolute atomic E-state index is 13.7. The summed E-state index contributed by atoms with van der Waals surface area (Å²) in [7, 11) is 2.97. The molecule has 1 heterocycles. The first-order valence-electron chi connectivity index (χ1n) is 9.91. The van der Waals surface area contributed by atoms with E-state index >= 15 is 0 Å². The molecule has 152 valence electrons. The van der Waals surface area contributed by atoms with Crippen LogP contribution < -0.4 is 0 Å². The van der Waals surface area contributed by atoms with E-state index in [-0.39, 0.29) is 47.5 Å². The number of carbonyl (C=O) groups is 3. The van der Waals surface area contributed by atoms with Crippen LogP contribution in [0.25, 0.3) is 0 Å². The fraction of sp³-hybridized carbons (Fsp3) is 0.682. The Labute approximate surface area is 165 Å². The molecule has 0 radical (unpaired) electrons. The lowest BCUT2D eigenvalue weighted by Crippen LogP contribution is -2.69. The van der Waals surface area contributed by atoms with Crippen LogP contribution >= 0.6 is 0 Å². The van der Waals surface area contributed by atoms with E-state index < -0.39 is 22.9 Å². The summed E-state index contributed by atoms with van der Waals surface area (Å²) in [6.45, 7) is 7.80. The molecule has 4 rings (SSSR count). The Hall–Kier alpha value is -2.11. The quantitative estimate of drug-likeness (QED) is 0.677. The van der Waals surface area contributed by atoms with Crippen molar-refractivity contribution in [1.29, 1.82) is 0 Å². The second-order valence-electron chi connectivity index (χ2n) is 9.16. The highest BCUT2D eigenvalue weighted by Crippen LogP contribution is 2.67. The van der Waals surface area contributed by atoms with Gasteiger partial charge < -0.3 is 14.2 Å². The van der Waals surface area contributed by atoms with Crippen molar-refractivity contribution in [2.24, 2.45) is 34.5 Å². The van der Waals surface area contributed by atoms with Crippen molar-refractivity contribution in [2.45, 2.75) is 46.6 Å². The van der Waals surface area contributed by atoms with Crippen LogP contribution in [0.15, 0.2) is 23.2 Å². The van der Waals surface area contributed by atoms with Crippen molar-refractivity contribution >= 4 is 17.5 Å². The van der Waals surface area contributed by atoms with Gasteiger partial charge in [0, 0.05) is 22.7 Å². The molecule has 6 heteroatoms. The zero-order valence-electron chi connectivity index (χ0n) is 17.3. The Kier molecular flexibility index (Phi) is 4.08. The Morgan fingerprint density at radius 3 is 2.43 bits per heavy atom. The van der Waals surface area contributed by atoms with Crippen molar-refractivity contribution in [3.05, 3.63) is 23.2 Å². The molecule has 0 amide bonds. The SMILES string of the molecule is COC1=C[C@H](C)[C@@H]2C[C@@H]3OC(=O)C[C@@H]4C(C)=C(OC)C(=O)[C@H]([C@]2(C)C1=O)[C@@]34C. The van der Waals surface area contributed by atoms with E-state index in [4.69, 9.17) is 14.2 Å². The third-order valence-electron chi connectivity index (χ3n) is 8.10. The van der Waals surface area contributed by atoms with Crippen LogP contribution in [-0.4, -0.2) is 37.9 Å². The molecule has 7 atom stereocenters. The van der Waals surface area contributed by atoms with E-state index in [1.54, 1.807) is 0 Å². The lowest BCUT2D eigenvalue weighted by Gasteiger charge is -2.64. The number of ketones is 2. The third-order valence-corrected chi connectivity index (χ3v) is 8.10. The summed E-state index contributed by atoms with van der Waals surface area (Å²) >= 11 is 0. The molecule has 1 saturated carbocycles. The van der Waals surface area contributed by atoms with Crippen molar-refractivity contribution in [3.63, 3.8) is 0 Å². The number of fused-ring (bicyclic) bond motifs is 2. The summed E-state index contributed by atoms with van der Waals surface area (Å²) in [6, 6.07) is 0. The van der Waals surface area contributed by atoms with E-state index in [1.807, 2.05) is 33.8 Å². The number of rotatable bonds is 2. The molecule has 0 N–H and O–H groups in total. The molecular formula is C22H28O6. The zero-order valence-corrected chi connectivity index (χ0v) is 17.3. The highest BCUT2D eigenvalue weighted by molar-refractivity contribution is 6.07. The minimum Gasteiger partial charge on any atom is -0.493 e. The Morgan fingerprint density at radius 1 is 1.14 bits per heavy atom. The number of hydrogen-bond donors (Lipinski definition) is 0. The number of Topliss-reactive ketones (excluding diaryl/α,β-unsaturated/α-hetero) is 2. The predicted octanol–water partition coefficient (Wildman–Crippen LogP) is 2.82. The molecule has 1 aliphatic heterocycles. The van der Waals surface area contributed by atoms with Crippen LogP contribution in [0.4, 0.5) is 0 Å². The van der Waals surface area contributed by atoms with Gasteiger partial charge in [-0.05, 0) is 36.8 Å². The summed E-state index contributed by atoms with van der Waals surface area (Å²) in [5, 5.41) is 0. The van der Waals surface area contributed by atoms with Gasteiger partial charge >= 0.3 is 5.97 Å². The molecule has 3 aliphatic carbocycles. The first-order chi connectivity index (χ1) is 13.1. The molecule has 6 nitrogen and oxygen atoms in total. The second kappa shape index (κ2) is 5.94. The van der Waals surface area contributed by atoms with Crippen LogP contribution in [0, 0.1) is 34.5 Å². The van der Waals surface area contributed by atoms with E-state index in [9.17, 15) is 14.4 Å². The van der Waals surface area contributed by atoms with Gasteiger partial charge in [-0.25, -0.2) is 0 Å². The van der Waals surface area contributed by atoms with Gasteiger partial charge in [0.1, 0.15) is 6.10 Å². The maximum atomic E-state index is 13.7. The highest BCUT2D eigenvalue weighted by Gasteiger charge is 2.72. The number of carbonyl (C=O) groups excluding carboxylic acids is 3. The monoisotopic (exact) mass is 388 g/mol. The molecule has 0 aromatic rings. The van der Waals surface area contributed by atoms with Gasteiger partial charge in [0.25, 0.3) is 0 Å². The largest absolute Gasteiger partial charge is 0.493 e. The summed E-state index contributed by atoms with van der Waals surface area (Å²) < 4.78 is 16.7. The minimum absolute atomic E-state index is 0.0204. The van der Waals surface area contributed by atoms with Crippen LogP contribution in [0.2, 0.25) is 0 Å². The number of hydrogen-bond acceptors (Lipinski definition) is 6.